The zero-order valence-corrected chi connectivity index (χ0v) is 11.2. The summed E-state index contributed by atoms with van der Waals surface area (Å²) in [7, 11) is 0. The zero-order chi connectivity index (χ0) is 12.8. The number of nitrogens with zero attached hydrogens (tertiary/aromatic N) is 4. The third-order valence-corrected chi connectivity index (χ3v) is 3.55. The summed E-state index contributed by atoms with van der Waals surface area (Å²) in [4.78, 5) is 13.2. The summed E-state index contributed by atoms with van der Waals surface area (Å²) in [6.07, 6.45) is 3.86. The van der Waals surface area contributed by atoms with E-state index >= 15 is 0 Å². The fraction of sp³-hybridized carbons (Fsp3) is 0.692. The number of piperazine rings is 1. The molecule has 1 fully saturated rings. The normalized spacial score (nSPS) is 18.1. The van der Waals surface area contributed by atoms with E-state index in [1.807, 2.05) is 6.07 Å². The predicted molar refractivity (Wildman–Crippen MR) is 73.3 cm³/mol. The van der Waals surface area contributed by atoms with Crippen molar-refractivity contribution in [1.29, 1.82) is 0 Å². The van der Waals surface area contributed by atoms with Crippen LogP contribution in [-0.4, -0.2) is 59.0 Å². The summed E-state index contributed by atoms with van der Waals surface area (Å²) >= 11 is 0. The molecule has 0 unspecified atom stereocenters. The van der Waals surface area contributed by atoms with E-state index in [2.05, 4.69) is 26.7 Å². The van der Waals surface area contributed by atoms with Crippen molar-refractivity contribution in [2.75, 3.05) is 45.0 Å². The second kappa shape index (κ2) is 6.66. The largest absolute Gasteiger partial charge is 0.368 e. The number of likely N-dealkylation sites (N-methyl/N-ethyl adjacent to an activating group) is 1. The molecule has 100 valence electrons. The van der Waals surface area contributed by atoms with Gasteiger partial charge in [-0.1, -0.05) is 6.92 Å². The molecule has 0 amide bonds. The van der Waals surface area contributed by atoms with E-state index in [0.29, 0.717) is 5.95 Å². The van der Waals surface area contributed by atoms with E-state index in [9.17, 15) is 0 Å². The van der Waals surface area contributed by atoms with Gasteiger partial charge in [-0.25, -0.2) is 9.97 Å². The zero-order valence-electron chi connectivity index (χ0n) is 11.2. The molecule has 0 radical (unpaired) electrons. The van der Waals surface area contributed by atoms with Gasteiger partial charge in [-0.2, -0.15) is 0 Å². The monoisotopic (exact) mass is 249 g/mol. The Morgan fingerprint density at radius 2 is 1.94 bits per heavy atom. The van der Waals surface area contributed by atoms with Crippen molar-refractivity contribution in [3.63, 3.8) is 0 Å². The van der Waals surface area contributed by atoms with Crippen molar-refractivity contribution in [2.24, 2.45) is 0 Å². The van der Waals surface area contributed by atoms with Gasteiger partial charge >= 0.3 is 0 Å². The number of rotatable bonds is 5. The number of nitrogen functional groups attached to an aromatic ring is 1. The highest BCUT2D eigenvalue weighted by Gasteiger charge is 2.14. The van der Waals surface area contributed by atoms with E-state index in [1.54, 1.807) is 6.20 Å². The van der Waals surface area contributed by atoms with Crippen LogP contribution in [0.25, 0.3) is 0 Å². The Balaban J connectivity index is 1.67. The molecule has 2 rings (SSSR count). The Morgan fingerprint density at radius 1 is 1.22 bits per heavy atom. The van der Waals surface area contributed by atoms with Gasteiger partial charge in [0, 0.05) is 38.1 Å². The molecule has 5 nitrogen and oxygen atoms in total. The van der Waals surface area contributed by atoms with E-state index in [4.69, 9.17) is 5.73 Å². The molecule has 0 spiro atoms. The second-order valence-electron chi connectivity index (χ2n) is 4.79. The molecule has 18 heavy (non-hydrogen) atoms. The fourth-order valence-corrected chi connectivity index (χ4v) is 2.37. The highest BCUT2D eigenvalue weighted by molar-refractivity contribution is 5.17. The third-order valence-electron chi connectivity index (χ3n) is 3.55. The van der Waals surface area contributed by atoms with Crippen molar-refractivity contribution < 1.29 is 0 Å². The molecule has 0 saturated carbocycles. The molecule has 0 bridgehead atoms. The Hall–Kier alpha value is -1.20. The molecule has 2 heterocycles. The smallest absolute Gasteiger partial charge is 0.220 e. The first-order valence-electron chi connectivity index (χ1n) is 6.80. The number of hydrogen-bond donors (Lipinski definition) is 1. The molecular formula is C13H23N5. The fourth-order valence-electron chi connectivity index (χ4n) is 2.37. The minimum absolute atomic E-state index is 0.379. The molecule has 0 atom stereocenters. The maximum absolute atomic E-state index is 5.57. The quantitative estimate of drug-likeness (QED) is 0.829. The molecule has 0 aromatic carbocycles. The van der Waals surface area contributed by atoms with Crippen molar-refractivity contribution >= 4 is 5.95 Å². The molecular weight excluding hydrogens is 226 g/mol. The third kappa shape index (κ3) is 3.92. The van der Waals surface area contributed by atoms with Gasteiger partial charge in [0.25, 0.3) is 0 Å². The predicted octanol–water partition coefficient (Wildman–Crippen LogP) is 0.629. The van der Waals surface area contributed by atoms with Crippen LogP contribution in [-0.2, 0) is 6.42 Å². The van der Waals surface area contributed by atoms with E-state index in [-0.39, 0.29) is 0 Å². The van der Waals surface area contributed by atoms with Gasteiger partial charge in [-0.05, 0) is 32.0 Å². The van der Waals surface area contributed by atoms with Gasteiger partial charge in [-0.15, -0.1) is 0 Å². The van der Waals surface area contributed by atoms with Crippen LogP contribution in [0.4, 0.5) is 5.95 Å². The van der Waals surface area contributed by atoms with Gasteiger partial charge < -0.3 is 15.5 Å². The lowest BCUT2D eigenvalue weighted by atomic mass is 10.2. The summed E-state index contributed by atoms with van der Waals surface area (Å²) in [5.74, 6) is 0.379. The molecule has 1 aliphatic rings. The Kier molecular flexibility index (Phi) is 4.90. The lowest BCUT2D eigenvalue weighted by Gasteiger charge is -2.33. The maximum Gasteiger partial charge on any atom is 0.220 e. The van der Waals surface area contributed by atoms with Crippen LogP contribution < -0.4 is 5.73 Å². The number of hydrogen-bond acceptors (Lipinski definition) is 5. The molecule has 1 aromatic heterocycles. The standard InChI is InChI=1S/C13H23N5/c1-2-17-8-10-18(11-9-17)7-3-4-12-5-6-15-13(14)16-12/h5-6H,2-4,7-11H2,1H3,(H2,14,15,16). The van der Waals surface area contributed by atoms with Crippen LogP contribution in [0.3, 0.4) is 0 Å². The summed E-state index contributed by atoms with van der Waals surface area (Å²) in [5.41, 5.74) is 6.62. The van der Waals surface area contributed by atoms with E-state index in [0.717, 1.165) is 25.1 Å². The first kappa shape index (κ1) is 13.2. The highest BCUT2D eigenvalue weighted by Crippen LogP contribution is 2.05. The van der Waals surface area contributed by atoms with Gasteiger partial charge in [0.2, 0.25) is 5.95 Å². The maximum atomic E-state index is 5.57. The van der Waals surface area contributed by atoms with E-state index < -0.39 is 0 Å². The van der Waals surface area contributed by atoms with Crippen LogP contribution in [0.15, 0.2) is 12.3 Å². The second-order valence-corrected chi connectivity index (χ2v) is 4.79. The van der Waals surface area contributed by atoms with Crippen LogP contribution >= 0.6 is 0 Å². The summed E-state index contributed by atoms with van der Waals surface area (Å²) in [5, 5.41) is 0. The summed E-state index contributed by atoms with van der Waals surface area (Å²) in [6, 6.07) is 1.95. The summed E-state index contributed by atoms with van der Waals surface area (Å²) < 4.78 is 0. The van der Waals surface area contributed by atoms with Crippen LogP contribution in [0.1, 0.15) is 19.0 Å². The van der Waals surface area contributed by atoms with Crippen molar-refractivity contribution in [3.8, 4) is 0 Å². The van der Waals surface area contributed by atoms with Crippen LogP contribution in [0, 0.1) is 0 Å². The minimum atomic E-state index is 0.379. The number of aryl methyl sites for hydroxylation is 1. The average Bonchev–Trinajstić information content (AvgIpc) is 2.40. The topological polar surface area (TPSA) is 58.3 Å². The Morgan fingerprint density at radius 3 is 2.61 bits per heavy atom. The SMILES string of the molecule is CCN1CCN(CCCc2ccnc(N)n2)CC1. The molecule has 1 aliphatic heterocycles. The van der Waals surface area contributed by atoms with Gasteiger partial charge in [0.05, 0.1) is 0 Å². The Labute approximate surface area is 109 Å². The lowest BCUT2D eigenvalue weighted by Crippen LogP contribution is -2.46. The van der Waals surface area contributed by atoms with Crippen molar-refractivity contribution in [1.82, 2.24) is 19.8 Å². The van der Waals surface area contributed by atoms with Gasteiger partial charge in [0.1, 0.15) is 0 Å². The number of aromatic nitrogens is 2. The molecule has 1 saturated heterocycles. The minimum Gasteiger partial charge on any atom is -0.368 e. The lowest BCUT2D eigenvalue weighted by molar-refractivity contribution is 0.136. The molecule has 1 aromatic rings. The Bertz CT molecular complexity index is 360. The number of nitrogens with two attached hydrogens (primary N) is 1. The first-order chi connectivity index (χ1) is 8.78. The average molecular weight is 249 g/mol. The first-order valence-corrected chi connectivity index (χ1v) is 6.80. The number of anilines is 1. The van der Waals surface area contributed by atoms with E-state index in [1.165, 1.54) is 32.7 Å². The van der Waals surface area contributed by atoms with Crippen LogP contribution in [0.5, 0.6) is 0 Å². The molecule has 5 heteroatoms. The van der Waals surface area contributed by atoms with Gasteiger partial charge in [0.15, 0.2) is 0 Å². The van der Waals surface area contributed by atoms with Crippen molar-refractivity contribution in [2.45, 2.75) is 19.8 Å². The van der Waals surface area contributed by atoms with Crippen molar-refractivity contribution in [3.05, 3.63) is 18.0 Å². The summed E-state index contributed by atoms with van der Waals surface area (Å²) in [6.45, 7) is 9.36. The molecule has 2 N–H and O–H groups in total. The van der Waals surface area contributed by atoms with Crippen LogP contribution in [0.2, 0.25) is 0 Å². The van der Waals surface area contributed by atoms with Gasteiger partial charge in [-0.3, -0.25) is 0 Å². The highest BCUT2D eigenvalue weighted by atomic mass is 15.3. The molecule has 0 aliphatic carbocycles.